The second-order valence-electron chi connectivity index (χ2n) is 3.40. The van der Waals surface area contributed by atoms with Gasteiger partial charge in [0, 0.05) is 30.1 Å². The van der Waals surface area contributed by atoms with E-state index in [2.05, 4.69) is 5.32 Å². The molecule has 2 rings (SSSR count). The summed E-state index contributed by atoms with van der Waals surface area (Å²) in [6.45, 7) is 0.739. The van der Waals surface area contributed by atoms with E-state index in [9.17, 15) is 8.78 Å². The van der Waals surface area contributed by atoms with Gasteiger partial charge in [-0.25, -0.2) is 8.78 Å². The summed E-state index contributed by atoms with van der Waals surface area (Å²) >= 11 is 5.87. The van der Waals surface area contributed by atoms with Gasteiger partial charge in [-0.2, -0.15) is 0 Å². The van der Waals surface area contributed by atoms with Crippen molar-refractivity contribution in [1.29, 1.82) is 0 Å². The van der Waals surface area contributed by atoms with E-state index in [0.717, 1.165) is 0 Å². The molecule has 0 spiro atoms. The number of nitrogens with one attached hydrogen (secondary N) is 1. The lowest BCUT2D eigenvalue weighted by molar-refractivity contribution is -0.0106. The third-order valence-electron chi connectivity index (χ3n) is 2.43. The second kappa shape index (κ2) is 3.48. The second-order valence-corrected chi connectivity index (χ2v) is 3.80. The fourth-order valence-electron chi connectivity index (χ4n) is 1.67. The minimum absolute atomic E-state index is 0.0648. The van der Waals surface area contributed by atoms with Crippen LogP contribution >= 0.6 is 11.6 Å². The molecule has 0 fully saturated rings. The van der Waals surface area contributed by atoms with Crippen LogP contribution in [0.4, 0.5) is 8.78 Å². The molecule has 4 heteroatoms. The van der Waals surface area contributed by atoms with Gasteiger partial charge in [0.2, 0.25) is 0 Å². The monoisotopic (exact) mass is 217 g/mol. The number of fused-ring (bicyclic) bond motifs is 1. The highest BCUT2D eigenvalue weighted by molar-refractivity contribution is 6.31. The zero-order valence-corrected chi connectivity index (χ0v) is 8.24. The molecule has 0 amide bonds. The maximum absolute atomic E-state index is 13.5. The van der Waals surface area contributed by atoms with Gasteiger partial charge >= 0.3 is 0 Å². The SMILES string of the molecule is FC1(F)CCNCc2c(Cl)cccc21. The van der Waals surface area contributed by atoms with Crippen molar-refractivity contribution < 1.29 is 8.78 Å². The van der Waals surface area contributed by atoms with Crippen LogP contribution in [0.3, 0.4) is 0 Å². The minimum atomic E-state index is -2.76. The Morgan fingerprint density at radius 1 is 1.36 bits per heavy atom. The summed E-state index contributed by atoms with van der Waals surface area (Å²) in [5, 5.41) is 3.35. The predicted octanol–water partition coefficient (Wildman–Crippen LogP) is 2.93. The molecule has 1 aliphatic heterocycles. The van der Waals surface area contributed by atoms with E-state index in [1.165, 1.54) is 6.07 Å². The van der Waals surface area contributed by atoms with Crippen LogP contribution in [0.15, 0.2) is 18.2 Å². The van der Waals surface area contributed by atoms with Crippen molar-refractivity contribution in [1.82, 2.24) is 5.32 Å². The van der Waals surface area contributed by atoms with Gasteiger partial charge in [-0.15, -0.1) is 0 Å². The first-order valence-electron chi connectivity index (χ1n) is 4.48. The summed E-state index contributed by atoms with van der Waals surface area (Å²) < 4.78 is 27.1. The summed E-state index contributed by atoms with van der Waals surface area (Å²) in [4.78, 5) is 0. The minimum Gasteiger partial charge on any atom is -0.312 e. The highest BCUT2D eigenvalue weighted by Crippen LogP contribution is 2.37. The van der Waals surface area contributed by atoms with Gasteiger partial charge in [0.05, 0.1) is 0 Å². The van der Waals surface area contributed by atoms with Gasteiger partial charge in [-0.1, -0.05) is 23.7 Å². The van der Waals surface area contributed by atoms with Crippen LogP contribution in [0.2, 0.25) is 5.02 Å². The van der Waals surface area contributed by atoms with E-state index in [4.69, 9.17) is 11.6 Å². The smallest absolute Gasteiger partial charge is 0.274 e. The molecule has 1 N–H and O–H groups in total. The molecular weight excluding hydrogens is 208 g/mol. The highest BCUT2D eigenvalue weighted by Gasteiger charge is 2.35. The van der Waals surface area contributed by atoms with Crippen LogP contribution in [-0.2, 0) is 12.5 Å². The molecular formula is C10H10ClF2N. The Morgan fingerprint density at radius 3 is 2.93 bits per heavy atom. The number of rotatable bonds is 0. The number of alkyl halides is 2. The fourth-order valence-corrected chi connectivity index (χ4v) is 1.92. The third-order valence-corrected chi connectivity index (χ3v) is 2.78. The maximum atomic E-state index is 13.5. The lowest BCUT2D eigenvalue weighted by Crippen LogP contribution is -2.17. The first kappa shape index (κ1) is 9.87. The van der Waals surface area contributed by atoms with Gasteiger partial charge < -0.3 is 5.32 Å². The Bertz CT molecular complexity index is 352. The van der Waals surface area contributed by atoms with Crippen LogP contribution < -0.4 is 5.32 Å². The predicted molar refractivity (Wildman–Crippen MR) is 51.7 cm³/mol. The van der Waals surface area contributed by atoms with Gasteiger partial charge in [0.15, 0.2) is 0 Å². The van der Waals surface area contributed by atoms with E-state index in [0.29, 0.717) is 23.7 Å². The number of hydrogen-bond donors (Lipinski definition) is 1. The number of hydrogen-bond acceptors (Lipinski definition) is 1. The molecule has 0 radical (unpaired) electrons. The van der Waals surface area contributed by atoms with Crippen LogP contribution in [0, 0.1) is 0 Å². The average molecular weight is 218 g/mol. The molecule has 14 heavy (non-hydrogen) atoms. The van der Waals surface area contributed by atoms with Gasteiger partial charge in [0.25, 0.3) is 5.92 Å². The fraction of sp³-hybridized carbons (Fsp3) is 0.400. The Hall–Kier alpha value is -0.670. The molecule has 0 saturated heterocycles. The van der Waals surface area contributed by atoms with E-state index in [1.54, 1.807) is 12.1 Å². The van der Waals surface area contributed by atoms with Gasteiger partial charge in [0.1, 0.15) is 0 Å². The Balaban J connectivity index is 2.56. The molecule has 0 atom stereocenters. The quantitative estimate of drug-likeness (QED) is 0.705. The normalized spacial score (nSPS) is 19.9. The van der Waals surface area contributed by atoms with Crippen molar-refractivity contribution in [2.75, 3.05) is 6.54 Å². The summed E-state index contributed by atoms with van der Waals surface area (Å²) in [6, 6.07) is 4.66. The molecule has 1 aromatic carbocycles. The molecule has 1 aliphatic rings. The molecule has 0 bridgehead atoms. The van der Waals surface area contributed by atoms with E-state index in [-0.39, 0.29) is 12.0 Å². The molecule has 76 valence electrons. The van der Waals surface area contributed by atoms with Crippen LogP contribution in [-0.4, -0.2) is 6.54 Å². The molecule has 1 heterocycles. The standard InChI is InChI=1S/C10H10ClF2N/c11-9-3-1-2-8-7(9)6-14-5-4-10(8,12)13/h1-3,14H,4-6H2. The van der Waals surface area contributed by atoms with Crippen molar-refractivity contribution in [3.8, 4) is 0 Å². The molecule has 0 aromatic heterocycles. The maximum Gasteiger partial charge on any atom is 0.274 e. The molecule has 1 nitrogen and oxygen atoms in total. The summed E-state index contributed by atoms with van der Waals surface area (Å²) in [6.07, 6.45) is -0.166. The zero-order valence-electron chi connectivity index (χ0n) is 7.49. The zero-order chi connectivity index (χ0) is 10.2. The van der Waals surface area contributed by atoms with E-state index in [1.807, 2.05) is 0 Å². The lowest BCUT2D eigenvalue weighted by Gasteiger charge is -2.16. The molecule has 0 unspecified atom stereocenters. The summed E-state index contributed by atoms with van der Waals surface area (Å²) in [7, 11) is 0. The lowest BCUT2D eigenvalue weighted by atomic mass is 10.0. The van der Waals surface area contributed by atoms with Crippen molar-refractivity contribution in [2.45, 2.75) is 18.9 Å². The third kappa shape index (κ3) is 1.62. The number of benzene rings is 1. The van der Waals surface area contributed by atoms with E-state index < -0.39 is 5.92 Å². The topological polar surface area (TPSA) is 12.0 Å². The van der Waals surface area contributed by atoms with Crippen molar-refractivity contribution >= 4 is 11.6 Å². The van der Waals surface area contributed by atoms with Gasteiger partial charge in [-0.3, -0.25) is 0 Å². The first-order chi connectivity index (χ1) is 6.61. The Labute approximate surface area is 86.1 Å². The molecule has 1 aromatic rings. The summed E-state index contributed by atoms with van der Waals surface area (Å²) in [5.74, 6) is -2.76. The van der Waals surface area contributed by atoms with Crippen molar-refractivity contribution in [3.63, 3.8) is 0 Å². The van der Waals surface area contributed by atoms with Crippen LogP contribution in [0.5, 0.6) is 0 Å². The number of halogens is 3. The molecule has 0 aliphatic carbocycles. The largest absolute Gasteiger partial charge is 0.312 e. The molecule has 0 saturated carbocycles. The van der Waals surface area contributed by atoms with Gasteiger partial charge in [-0.05, 0) is 11.6 Å². The Kier molecular flexibility index (Phi) is 2.45. The van der Waals surface area contributed by atoms with Crippen LogP contribution in [0.1, 0.15) is 17.5 Å². The van der Waals surface area contributed by atoms with Crippen LogP contribution in [0.25, 0.3) is 0 Å². The average Bonchev–Trinajstić information content (AvgIpc) is 2.27. The summed E-state index contributed by atoms with van der Waals surface area (Å²) in [5.41, 5.74) is 0.590. The Morgan fingerprint density at radius 2 is 2.14 bits per heavy atom. The first-order valence-corrected chi connectivity index (χ1v) is 4.85. The van der Waals surface area contributed by atoms with Crippen molar-refractivity contribution in [2.24, 2.45) is 0 Å². The van der Waals surface area contributed by atoms with Crippen molar-refractivity contribution in [3.05, 3.63) is 34.3 Å². The van der Waals surface area contributed by atoms with E-state index >= 15 is 0 Å². The highest BCUT2D eigenvalue weighted by atomic mass is 35.5.